The van der Waals surface area contributed by atoms with Gasteiger partial charge in [0.15, 0.2) is 5.82 Å². The Morgan fingerprint density at radius 2 is 1.95 bits per heavy atom. The highest BCUT2D eigenvalue weighted by molar-refractivity contribution is 6.03. The highest BCUT2D eigenvalue weighted by atomic mass is 19.1. The van der Waals surface area contributed by atoms with Crippen LogP contribution in [0.4, 0.5) is 10.1 Å². The first kappa shape index (κ1) is 25.9. The van der Waals surface area contributed by atoms with Crippen molar-refractivity contribution in [3.63, 3.8) is 0 Å². The van der Waals surface area contributed by atoms with E-state index in [0.29, 0.717) is 11.3 Å². The molecule has 2 aromatic heterocycles. The van der Waals surface area contributed by atoms with E-state index in [2.05, 4.69) is 26.3 Å². The highest BCUT2D eigenvalue weighted by Gasteiger charge is 2.24. The molecule has 1 amide bonds. The minimum absolute atomic E-state index is 0.0510. The van der Waals surface area contributed by atoms with Crippen molar-refractivity contribution in [3.05, 3.63) is 89.8 Å². The van der Waals surface area contributed by atoms with Crippen molar-refractivity contribution >= 4 is 11.6 Å². The summed E-state index contributed by atoms with van der Waals surface area (Å²) in [6, 6.07) is 15.7. The summed E-state index contributed by atoms with van der Waals surface area (Å²) < 4.78 is 19.9. The van der Waals surface area contributed by atoms with E-state index < -0.39 is 11.7 Å². The van der Waals surface area contributed by atoms with Crippen molar-refractivity contribution in [2.24, 2.45) is 5.73 Å². The Bertz CT molecular complexity index is 1560. The van der Waals surface area contributed by atoms with Crippen LogP contribution in [0.2, 0.25) is 0 Å². The fourth-order valence-electron chi connectivity index (χ4n) is 5.02. The number of amides is 1. The molecule has 5 rings (SSSR count). The van der Waals surface area contributed by atoms with Gasteiger partial charge in [-0.3, -0.25) is 9.78 Å². The normalized spacial score (nSPS) is 16.8. The van der Waals surface area contributed by atoms with Crippen LogP contribution in [0.25, 0.3) is 22.5 Å². The van der Waals surface area contributed by atoms with Gasteiger partial charge in [0.1, 0.15) is 17.3 Å². The van der Waals surface area contributed by atoms with Crippen LogP contribution < -0.4 is 15.8 Å². The quantitative estimate of drug-likeness (QED) is 0.344. The monoisotopic (exact) mass is 522 g/mol. The van der Waals surface area contributed by atoms with Crippen LogP contribution in [0.3, 0.4) is 0 Å². The van der Waals surface area contributed by atoms with Gasteiger partial charge in [-0.05, 0) is 79.1 Å². The minimum Gasteiger partial charge on any atom is -0.496 e. The van der Waals surface area contributed by atoms with Gasteiger partial charge in [-0.25, -0.2) is 14.4 Å². The number of aromatic nitrogens is 3. The molecule has 1 saturated carbocycles. The molecular formula is C30H27FN6O2. The van der Waals surface area contributed by atoms with Gasteiger partial charge in [0.05, 0.1) is 24.3 Å². The number of pyridine rings is 1. The smallest absolute Gasteiger partial charge is 0.274 e. The van der Waals surface area contributed by atoms with Crippen molar-refractivity contribution in [3.8, 4) is 34.3 Å². The van der Waals surface area contributed by atoms with Crippen LogP contribution in [-0.2, 0) is 0 Å². The average Bonchev–Trinajstić information content (AvgIpc) is 2.97. The summed E-state index contributed by atoms with van der Waals surface area (Å²) >= 11 is 0. The van der Waals surface area contributed by atoms with Crippen LogP contribution in [0.1, 0.15) is 53.2 Å². The van der Waals surface area contributed by atoms with Gasteiger partial charge in [-0.1, -0.05) is 12.1 Å². The topological polar surface area (TPSA) is 127 Å². The van der Waals surface area contributed by atoms with Crippen LogP contribution in [0.15, 0.2) is 67.1 Å². The van der Waals surface area contributed by atoms with E-state index in [4.69, 9.17) is 10.5 Å². The molecule has 196 valence electrons. The summed E-state index contributed by atoms with van der Waals surface area (Å²) in [6.07, 6.45) is 8.23. The third kappa shape index (κ3) is 5.47. The van der Waals surface area contributed by atoms with Crippen LogP contribution in [-0.4, -0.2) is 34.0 Å². The van der Waals surface area contributed by atoms with Gasteiger partial charge in [-0.2, -0.15) is 5.26 Å². The van der Waals surface area contributed by atoms with Crippen LogP contribution in [0, 0.1) is 17.1 Å². The van der Waals surface area contributed by atoms with Gasteiger partial charge >= 0.3 is 0 Å². The number of hydrogen-bond acceptors (Lipinski definition) is 7. The second kappa shape index (κ2) is 11.4. The molecule has 1 fully saturated rings. The van der Waals surface area contributed by atoms with Gasteiger partial charge in [0.25, 0.3) is 5.91 Å². The summed E-state index contributed by atoms with van der Waals surface area (Å²) in [6.45, 7) is 0. The van der Waals surface area contributed by atoms with Gasteiger partial charge in [0, 0.05) is 35.9 Å². The second-order valence-corrected chi connectivity index (χ2v) is 9.48. The third-order valence-electron chi connectivity index (χ3n) is 7.07. The van der Waals surface area contributed by atoms with E-state index in [1.54, 1.807) is 24.5 Å². The molecule has 4 aromatic rings. The first-order valence-electron chi connectivity index (χ1n) is 12.7. The summed E-state index contributed by atoms with van der Waals surface area (Å²) in [5.41, 5.74) is 10.0. The zero-order valence-corrected chi connectivity index (χ0v) is 21.4. The van der Waals surface area contributed by atoms with E-state index >= 15 is 0 Å². The van der Waals surface area contributed by atoms with Crippen molar-refractivity contribution in [2.45, 2.75) is 37.6 Å². The molecule has 3 N–H and O–H groups in total. The van der Waals surface area contributed by atoms with Crippen LogP contribution >= 0.6 is 0 Å². The minimum atomic E-state index is -0.549. The summed E-state index contributed by atoms with van der Waals surface area (Å²) in [5.74, 6) is -0.490. The molecule has 1 aliphatic carbocycles. The molecule has 1 aliphatic rings. The number of anilines is 1. The van der Waals surface area contributed by atoms with Crippen molar-refractivity contribution in [1.29, 1.82) is 5.26 Å². The average molecular weight is 523 g/mol. The molecular weight excluding hydrogens is 495 g/mol. The molecule has 0 atom stereocenters. The van der Waals surface area contributed by atoms with Crippen molar-refractivity contribution < 1.29 is 13.9 Å². The lowest BCUT2D eigenvalue weighted by atomic mass is 9.80. The number of nitrogens with two attached hydrogens (primary N) is 1. The first-order chi connectivity index (χ1) is 19.0. The number of rotatable bonds is 6. The Morgan fingerprint density at radius 1 is 1.13 bits per heavy atom. The van der Waals surface area contributed by atoms with Crippen molar-refractivity contribution in [1.82, 2.24) is 15.0 Å². The Morgan fingerprint density at radius 3 is 2.72 bits per heavy atom. The molecule has 0 unspecified atom stereocenters. The lowest BCUT2D eigenvalue weighted by Crippen LogP contribution is -2.26. The van der Waals surface area contributed by atoms with Gasteiger partial charge in [-0.15, -0.1) is 0 Å². The zero-order valence-electron chi connectivity index (χ0n) is 21.4. The van der Waals surface area contributed by atoms with E-state index in [1.165, 1.54) is 31.5 Å². The maximum Gasteiger partial charge on any atom is 0.274 e. The lowest BCUT2D eigenvalue weighted by molar-refractivity contribution is 0.102. The number of nitrogens with zero attached hydrogens (tertiary/aromatic N) is 4. The molecule has 2 heterocycles. The fraction of sp³-hybridized carbons (Fsp3) is 0.233. The Balaban J connectivity index is 1.50. The Kier molecular flexibility index (Phi) is 7.57. The number of nitriles is 1. The van der Waals surface area contributed by atoms with E-state index in [-0.39, 0.29) is 34.8 Å². The maximum atomic E-state index is 14.6. The number of nitrogens with one attached hydrogen (secondary N) is 1. The Labute approximate surface area is 225 Å². The second-order valence-electron chi connectivity index (χ2n) is 9.48. The standard InChI is InChI=1S/C30H27FN6O2/c1-39-27-4-2-3-24(31)28(27)29-35-14-12-26(36-29)30(38)37-25-10-7-19(23-17-34-13-11-20(23)16-32)15-22(25)18-5-8-21(33)9-6-18/h2-4,7,10-15,17-18,21H,5-6,8-9,33H2,1H3,(H,37,38)/t18-,21-. The molecule has 0 radical (unpaired) electrons. The maximum absolute atomic E-state index is 14.6. The molecule has 2 aromatic carbocycles. The van der Waals surface area contributed by atoms with Gasteiger partial charge in [0.2, 0.25) is 0 Å². The summed E-state index contributed by atoms with van der Waals surface area (Å²) in [4.78, 5) is 26.1. The molecule has 39 heavy (non-hydrogen) atoms. The number of methoxy groups -OCH3 is 1. The molecule has 0 saturated heterocycles. The van der Waals surface area contributed by atoms with Gasteiger partial charge < -0.3 is 15.8 Å². The zero-order chi connectivity index (χ0) is 27.4. The molecule has 0 aliphatic heterocycles. The van der Waals surface area contributed by atoms with E-state index in [9.17, 15) is 14.4 Å². The predicted molar refractivity (Wildman–Crippen MR) is 146 cm³/mol. The number of carbonyl (C=O) groups is 1. The number of carbonyl (C=O) groups excluding carboxylic acids is 1. The highest BCUT2D eigenvalue weighted by Crippen LogP contribution is 2.39. The lowest BCUT2D eigenvalue weighted by Gasteiger charge is -2.28. The van der Waals surface area contributed by atoms with Crippen molar-refractivity contribution in [2.75, 3.05) is 12.4 Å². The van der Waals surface area contributed by atoms with Crippen LogP contribution in [0.5, 0.6) is 5.75 Å². The number of hydrogen-bond donors (Lipinski definition) is 2. The fourth-order valence-corrected chi connectivity index (χ4v) is 5.02. The van der Waals surface area contributed by atoms with E-state index in [1.807, 2.05) is 18.2 Å². The van der Waals surface area contributed by atoms with E-state index in [0.717, 1.165) is 42.4 Å². The predicted octanol–water partition coefficient (Wildman–Crippen LogP) is 5.46. The SMILES string of the molecule is COc1cccc(F)c1-c1nccc(C(=O)Nc2ccc(-c3cnccc3C#N)cc2[C@H]2CC[C@H](N)CC2)n1. The largest absolute Gasteiger partial charge is 0.496 e. The molecule has 0 bridgehead atoms. The number of benzene rings is 2. The summed E-state index contributed by atoms with van der Waals surface area (Å²) in [7, 11) is 1.43. The number of halogens is 1. The molecule has 0 spiro atoms. The number of ether oxygens (including phenoxy) is 1. The molecule has 9 heteroatoms. The third-order valence-corrected chi connectivity index (χ3v) is 7.07. The molecule has 8 nitrogen and oxygen atoms in total. The first-order valence-corrected chi connectivity index (χ1v) is 12.7. The summed E-state index contributed by atoms with van der Waals surface area (Å²) in [5, 5.41) is 12.6. The Hall–Kier alpha value is -4.68.